The van der Waals surface area contributed by atoms with Crippen LogP contribution in [0.4, 0.5) is 0 Å². The number of rotatable bonds is 4. The first-order valence-corrected chi connectivity index (χ1v) is 6.27. The van der Waals surface area contributed by atoms with Gasteiger partial charge < -0.3 is 9.47 Å². The average Bonchev–Trinajstić information content (AvgIpc) is 2.40. The van der Waals surface area contributed by atoms with Gasteiger partial charge in [0.1, 0.15) is 11.5 Å². The van der Waals surface area contributed by atoms with E-state index in [4.69, 9.17) is 9.47 Å². The van der Waals surface area contributed by atoms with E-state index in [1.165, 1.54) is 0 Å². The molecule has 88 valence electrons. The molecule has 0 aliphatic rings. The molecule has 0 radical (unpaired) electrons. The van der Waals surface area contributed by atoms with Gasteiger partial charge in [0.15, 0.2) is 0 Å². The molecule has 1 aromatic carbocycles. The number of aromatic nitrogens is 1. The number of hydrogen-bond acceptors (Lipinski definition) is 3. The summed E-state index contributed by atoms with van der Waals surface area (Å²) < 4.78 is 10.8. The number of pyridine rings is 1. The third kappa shape index (κ3) is 2.97. The molecule has 0 atom stereocenters. The largest absolute Gasteiger partial charge is 0.497 e. The molecule has 1 heterocycles. The van der Waals surface area contributed by atoms with Gasteiger partial charge in [0.2, 0.25) is 5.88 Å². The van der Waals surface area contributed by atoms with E-state index in [1.807, 2.05) is 36.4 Å². The molecular formula is C13H12BrNO2. The molecule has 0 amide bonds. The maximum Gasteiger partial charge on any atom is 0.223 e. The SMILES string of the molecule is COc1ccc(Oc2ncccc2CBr)cc1. The zero-order chi connectivity index (χ0) is 12.1. The molecule has 2 rings (SSSR count). The van der Waals surface area contributed by atoms with Crippen molar-refractivity contribution in [2.45, 2.75) is 5.33 Å². The molecule has 0 saturated carbocycles. The van der Waals surface area contributed by atoms with Gasteiger partial charge in [-0.25, -0.2) is 4.98 Å². The van der Waals surface area contributed by atoms with Gasteiger partial charge in [0, 0.05) is 17.1 Å². The van der Waals surface area contributed by atoms with Crippen molar-refractivity contribution in [1.82, 2.24) is 4.98 Å². The Hall–Kier alpha value is -1.55. The van der Waals surface area contributed by atoms with Crippen molar-refractivity contribution in [2.24, 2.45) is 0 Å². The van der Waals surface area contributed by atoms with Gasteiger partial charge in [-0.3, -0.25) is 0 Å². The minimum Gasteiger partial charge on any atom is -0.497 e. The molecule has 0 aliphatic heterocycles. The van der Waals surface area contributed by atoms with Crippen LogP contribution >= 0.6 is 15.9 Å². The zero-order valence-electron chi connectivity index (χ0n) is 9.39. The van der Waals surface area contributed by atoms with Crippen LogP contribution in [0.15, 0.2) is 42.6 Å². The molecule has 0 aliphatic carbocycles. The van der Waals surface area contributed by atoms with Crippen LogP contribution in [-0.4, -0.2) is 12.1 Å². The second-order valence-corrected chi connectivity index (χ2v) is 3.94. The fourth-order valence-electron chi connectivity index (χ4n) is 1.37. The molecule has 1 aromatic heterocycles. The number of nitrogens with zero attached hydrogens (tertiary/aromatic N) is 1. The number of alkyl halides is 1. The van der Waals surface area contributed by atoms with Crippen LogP contribution in [0.5, 0.6) is 17.4 Å². The van der Waals surface area contributed by atoms with Crippen LogP contribution in [0, 0.1) is 0 Å². The fourth-order valence-corrected chi connectivity index (χ4v) is 1.80. The van der Waals surface area contributed by atoms with Gasteiger partial charge in [-0.2, -0.15) is 0 Å². The summed E-state index contributed by atoms with van der Waals surface area (Å²) in [5, 5.41) is 0.715. The maximum atomic E-state index is 5.70. The van der Waals surface area contributed by atoms with Crippen molar-refractivity contribution in [2.75, 3.05) is 7.11 Å². The summed E-state index contributed by atoms with van der Waals surface area (Å²) in [5.74, 6) is 2.17. The lowest BCUT2D eigenvalue weighted by atomic mass is 10.3. The highest BCUT2D eigenvalue weighted by atomic mass is 79.9. The molecule has 17 heavy (non-hydrogen) atoms. The summed E-state index contributed by atoms with van der Waals surface area (Å²) in [6.45, 7) is 0. The van der Waals surface area contributed by atoms with E-state index >= 15 is 0 Å². The number of halogens is 1. The number of benzene rings is 1. The quantitative estimate of drug-likeness (QED) is 0.804. The summed E-state index contributed by atoms with van der Waals surface area (Å²) >= 11 is 3.40. The Morgan fingerprint density at radius 1 is 1.12 bits per heavy atom. The van der Waals surface area contributed by atoms with Crippen LogP contribution in [0.3, 0.4) is 0 Å². The lowest BCUT2D eigenvalue weighted by Crippen LogP contribution is -1.92. The molecule has 2 aromatic rings. The summed E-state index contributed by atoms with van der Waals surface area (Å²) in [7, 11) is 1.64. The second kappa shape index (κ2) is 5.68. The minimum absolute atomic E-state index is 0.620. The lowest BCUT2D eigenvalue weighted by Gasteiger charge is -2.08. The summed E-state index contributed by atoms with van der Waals surface area (Å²) in [4.78, 5) is 4.20. The number of methoxy groups -OCH3 is 1. The maximum absolute atomic E-state index is 5.70. The average molecular weight is 294 g/mol. The first-order chi connectivity index (χ1) is 8.33. The highest BCUT2D eigenvalue weighted by Crippen LogP contribution is 2.25. The Kier molecular flexibility index (Phi) is 3.98. The Balaban J connectivity index is 2.19. The highest BCUT2D eigenvalue weighted by Gasteiger charge is 2.04. The van der Waals surface area contributed by atoms with Gasteiger partial charge in [-0.05, 0) is 30.3 Å². The Labute approximate surface area is 109 Å². The molecule has 4 heteroatoms. The Morgan fingerprint density at radius 2 is 1.82 bits per heavy atom. The van der Waals surface area contributed by atoms with Crippen LogP contribution in [0.25, 0.3) is 0 Å². The lowest BCUT2D eigenvalue weighted by molar-refractivity contribution is 0.412. The standard InChI is InChI=1S/C13H12BrNO2/c1-16-11-4-6-12(7-5-11)17-13-10(9-14)3-2-8-15-13/h2-8H,9H2,1H3. The van der Waals surface area contributed by atoms with E-state index in [0.717, 1.165) is 17.1 Å². The number of ether oxygens (including phenoxy) is 2. The van der Waals surface area contributed by atoms with Crippen molar-refractivity contribution < 1.29 is 9.47 Å². The smallest absolute Gasteiger partial charge is 0.223 e. The van der Waals surface area contributed by atoms with Crippen molar-refractivity contribution in [3.63, 3.8) is 0 Å². The topological polar surface area (TPSA) is 31.4 Å². The predicted octanol–water partition coefficient (Wildman–Crippen LogP) is 3.78. The van der Waals surface area contributed by atoms with Gasteiger partial charge in [-0.1, -0.05) is 22.0 Å². The number of hydrogen-bond donors (Lipinski definition) is 0. The van der Waals surface area contributed by atoms with Crippen LogP contribution < -0.4 is 9.47 Å². The van der Waals surface area contributed by atoms with Crippen LogP contribution in [-0.2, 0) is 5.33 Å². The van der Waals surface area contributed by atoms with E-state index in [1.54, 1.807) is 13.3 Å². The molecule has 0 saturated heterocycles. The van der Waals surface area contributed by atoms with E-state index in [-0.39, 0.29) is 0 Å². The summed E-state index contributed by atoms with van der Waals surface area (Å²) in [6, 6.07) is 11.3. The summed E-state index contributed by atoms with van der Waals surface area (Å²) in [5.41, 5.74) is 1.02. The van der Waals surface area contributed by atoms with Crippen LogP contribution in [0.2, 0.25) is 0 Å². The minimum atomic E-state index is 0.620. The van der Waals surface area contributed by atoms with Crippen molar-refractivity contribution in [1.29, 1.82) is 0 Å². The second-order valence-electron chi connectivity index (χ2n) is 3.38. The van der Waals surface area contributed by atoms with E-state index in [2.05, 4.69) is 20.9 Å². The van der Waals surface area contributed by atoms with Gasteiger partial charge >= 0.3 is 0 Å². The van der Waals surface area contributed by atoms with Gasteiger partial charge in [0.05, 0.1) is 7.11 Å². The monoisotopic (exact) mass is 293 g/mol. The fraction of sp³-hybridized carbons (Fsp3) is 0.154. The van der Waals surface area contributed by atoms with Gasteiger partial charge in [0.25, 0.3) is 0 Å². The van der Waals surface area contributed by atoms with Gasteiger partial charge in [-0.15, -0.1) is 0 Å². The zero-order valence-corrected chi connectivity index (χ0v) is 11.0. The molecule has 0 spiro atoms. The van der Waals surface area contributed by atoms with Crippen molar-refractivity contribution in [3.8, 4) is 17.4 Å². The van der Waals surface area contributed by atoms with E-state index in [9.17, 15) is 0 Å². The summed E-state index contributed by atoms with van der Waals surface area (Å²) in [6.07, 6.45) is 1.71. The molecule has 0 N–H and O–H groups in total. The predicted molar refractivity (Wildman–Crippen MR) is 69.9 cm³/mol. The Morgan fingerprint density at radius 3 is 2.47 bits per heavy atom. The molecule has 3 nitrogen and oxygen atoms in total. The van der Waals surface area contributed by atoms with E-state index < -0.39 is 0 Å². The Bertz CT molecular complexity index is 485. The van der Waals surface area contributed by atoms with Crippen LogP contribution in [0.1, 0.15) is 5.56 Å². The van der Waals surface area contributed by atoms with E-state index in [0.29, 0.717) is 11.2 Å². The third-order valence-electron chi connectivity index (χ3n) is 2.27. The molecule has 0 bridgehead atoms. The first kappa shape index (κ1) is 11.9. The van der Waals surface area contributed by atoms with Crippen molar-refractivity contribution in [3.05, 3.63) is 48.2 Å². The third-order valence-corrected chi connectivity index (χ3v) is 2.87. The molecule has 0 unspecified atom stereocenters. The first-order valence-electron chi connectivity index (χ1n) is 5.15. The highest BCUT2D eigenvalue weighted by molar-refractivity contribution is 9.08. The molecular weight excluding hydrogens is 282 g/mol. The molecule has 0 fully saturated rings. The van der Waals surface area contributed by atoms with Crippen molar-refractivity contribution >= 4 is 15.9 Å². The normalized spacial score (nSPS) is 10.0.